The predicted octanol–water partition coefficient (Wildman–Crippen LogP) is 0.615. The van der Waals surface area contributed by atoms with Crippen LogP contribution in [0.15, 0.2) is 58.1 Å². The quantitative estimate of drug-likeness (QED) is 0.552. The van der Waals surface area contributed by atoms with Gasteiger partial charge in [0.1, 0.15) is 6.54 Å². The molecule has 0 aliphatic carbocycles. The summed E-state index contributed by atoms with van der Waals surface area (Å²) in [5.41, 5.74) is 0.936. The van der Waals surface area contributed by atoms with Crippen LogP contribution < -0.4 is 21.3 Å². The molecule has 0 atom stereocenters. The molecule has 0 saturated carbocycles. The van der Waals surface area contributed by atoms with E-state index < -0.39 is 36.1 Å². The second-order valence-corrected chi connectivity index (χ2v) is 6.88. The molecular formula is C21H22N4O5. The van der Waals surface area contributed by atoms with E-state index in [4.69, 9.17) is 4.74 Å². The molecule has 9 heteroatoms. The molecule has 0 aliphatic heterocycles. The predicted molar refractivity (Wildman–Crippen MR) is 112 cm³/mol. The van der Waals surface area contributed by atoms with Gasteiger partial charge in [0.25, 0.3) is 17.0 Å². The first-order chi connectivity index (χ1) is 14.3. The van der Waals surface area contributed by atoms with E-state index in [0.717, 1.165) is 15.9 Å². The summed E-state index contributed by atoms with van der Waals surface area (Å²) >= 11 is 0. The fourth-order valence-electron chi connectivity index (χ4n) is 2.84. The minimum Gasteiger partial charge on any atom is -0.454 e. The number of rotatable bonds is 7. The van der Waals surface area contributed by atoms with Gasteiger partial charge in [-0.05, 0) is 29.8 Å². The Kier molecular flexibility index (Phi) is 6.31. The Hall–Kier alpha value is -3.88. The third-order valence-corrected chi connectivity index (χ3v) is 4.48. The van der Waals surface area contributed by atoms with E-state index in [-0.39, 0.29) is 10.8 Å². The van der Waals surface area contributed by atoms with Gasteiger partial charge >= 0.3 is 5.97 Å². The fourth-order valence-corrected chi connectivity index (χ4v) is 2.84. The average Bonchev–Trinajstić information content (AvgIpc) is 2.74. The Morgan fingerprint density at radius 3 is 2.37 bits per heavy atom. The van der Waals surface area contributed by atoms with Crippen LogP contribution >= 0.6 is 0 Å². The van der Waals surface area contributed by atoms with Gasteiger partial charge in [-0.15, -0.1) is 0 Å². The van der Waals surface area contributed by atoms with Crippen molar-refractivity contribution in [2.75, 3.05) is 25.6 Å². The normalized spacial score (nSPS) is 10.6. The number of aromatic amines is 1. The topological polar surface area (TPSA) is 114 Å². The van der Waals surface area contributed by atoms with Crippen LogP contribution in [-0.4, -0.2) is 42.4 Å². The number of ether oxygens (including phenoxy) is 1. The zero-order valence-electron chi connectivity index (χ0n) is 16.7. The van der Waals surface area contributed by atoms with E-state index in [9.17, 15) is 19.2 Å². The Bertz CT molecular complexity index is 1180. The number of benzene rings is 2. The van der Waals surface area contributed by atoms with E-state index >= 15 is 0 Å². The lowest BCUT2D eigenvalue weighted by atomic mass is 10.2. The highest BCUT2D eigenvalue weighted by Crippen LogP contribution is 2.11. The van der Waals surface area contributed by atoms with Gasteiger partial charge in [-0.25, -0.2) is 4.68 Å². The summed E-state index contributed by atoms with van der Waals surface area (Å²) in [6.45, 7) is -0.694. The fraction of sp³-hybridized carbons (Fsp3) is 0.238. The summed E-state index contributed by atoms with van der Waals surface area (Å²) in [4.78, 5) is 50.3. The summed E-state index contributed by atoms with van der Waals surface area (Å²) in [6.07, 6.45) is 0. The first-order valence-corrected chi connectivity index (χ1v) is 9.25. The molecule has 3 aromatic rings. The first-order valence-electron chi connectivity index (χ1n) is 9.25. The van der Waals surface area contributed by atoms with Crippen molar-refractivity contribution in [2.24, 2.45) is 0 Å². The molecule has 0 spiro atoms. The molecule has 30 heavy (non-hydrogen) atoms. The number of carbonyl (C=O) groups is 2. The van der Waals surface area contributed by atoms with Gasteiger partial charge < -0.3 is 15.0 Å². The summed E-state index contributed by atoms with van der Waals surface area (Å²) in [5.74, 6) is -1.28. The number of hydrogen-bond acceptors (Lipinski definition) is 6. The Labute approximate surface area is 171 Å². The number of aromatic nitrogens is 2. The third-order valence-electron chi connectivity index (χ3n) is 4.48. The molecule has 0 unspecified atom stereocenters. The number of fused-ring (bicyclic) bond motifs is 1. The lowest BCUT2D eigenvalue weighted by Crippen LogP contribution is -2.34. The maximum absolute atomic E-state index is 12.4. The lowest BCUT2D eigenvalue weighted by molar-refractivity contribution is -0.149. The number of nitrogens with zero attached hydrogens (tertiary/aromatic N) is 2. The van der Waals surface area contributed by atoms with Gasteiger partial charge in [0.2, 0.25) is 0 Å². The standard InChI is InChI=1S/C21H22N4O5/c1-24(2)15-9-7-14(8-10-15)11-22-18(26)13-30-19(27)12-25-21(29)17-6-4-3-5-16(17)20(28)23-25/h3-10H,11-13H2,1-2H3,(H,22,26)(H,23,28). The van der Waals surface area contributed by atoms with Gasteiger partial charge in [0.15, 0.2) is 6.61 Å². The van der Waals surface area contributed by atoms with Crippen LogP contribution in [0.2, 0.25) is 0 Å². The molecule has 0 saturated heterocycles. The number of esters is 1. The molecule has 3 rings (SSSR count). The molecule has 2 N–H and O–H groups in total. The molecule has 156 valence electrons. The Morgan fingerprint density at radius 2 is 1.70 bits per heavy atom. The van der Waals surface area contributed by atoms with Crippen molar-refractivity contribution in [1.29, 1.82) is 0 Å². The van der Waals surface area contributed by atoms with Crippen LogP contribution in [0.1, 0.15) is 5.56 Å². The van der Waals surface area contributed by atoms with Crippen LogP contribution in [0.4, 0.5) is 5.69 Å². The van der Waals surface area contributed by atoms with Crippen molar-refractivity contribution in [3.63, 3.8) is 0 Å². The van der Waals surface area contributed by atoms with Gasteiger partial charge in [-0.3, -0.25) is 24.3 Å². The summed E-state index contributed by atoms with van der Waals surface area (Å²) in [5, 5.41) is 5.44. The van der Waals surface area contributed by atoms with E-state index in [1.165, 1.54) is 12.1 Å². The number of nitrogens with one attached hydrogen (secondary N) is 2. The molecule has 2 aromatic carbocycles. The summed E-state index contributed by atoms with van der Waals surface area (Å²) in [6, 6.07) is 14.0. The zero-order valence-corrected chi connectivity index (χ0v) is 16.7. The van der Waals surface area contributed by atoms with Crippen LogP contribution in [0.3, 0.4) is 0 Å². The maximum Gasteiger partial charge on any atom is 0.328 e. The van der Waals surface area contributed by atoms with Gasteiger partial charge in [0, 0.05) is 26.3 Å². The van der Waals surface area contributed by atoms with Crippen LogP contribution in [-0.2, 0) is 27.4 Å². The lowest BCUT2D eigenvalue weighted by Gasteiger charge is -2.13. The van der Waals surface area contributed by atoms with Crippen LogP contribution in [0, 0.1) is 0 Å². The molecule has 0 aliphatic rings. The molecule has 0 bridgehead atoms. The Morgan fingerprint density at radius 1 is 1.03 bits per heavy atom. The molecule has 0 radical (unpaired) electrons. The SMILES string of the molecule is CN(C)c1ccc(CNC(=O)COC(=O)Cn2[nH]c(=O)c3ccccc3c2=O)cc1. The van der Waals surface area contributed by atoms with Crippen molar-refractivity contribution in [2.45, 2.75) is 13.1 Å². The highest BCUT2D eigenvalue weighted by Gasteiger charge is 2.12. The largest absolute Gasteiger partial charge is 0.454 e. The Balaban J connectivity index is 1.53. The highest BCUT2D eigenvalue weighted by molar-refractivity contribution is 5.81. The second kappa shape index (κ2) is 9.08. The molecule has 1 aromatic heterocycles. The minimum absolute atomic E-state index is 0.201. The van der Waals surface area contributed by atoms with Gasteiger partial charge in [-0.2, -0.15) is 0 Å². The van der Waals surface area contributed by atoms with Crippen LogP contribution in [0.25, 0.3) is 10.8 Å². The molecule has 1 heterocycles. The van der Waals surface area contributed by atoms with Crippen molar-refractivity contribution >= 4 is 28.3 Å². The van der Waals surface area contributed by atoms with E-state index in [1.807, 2.05) is 43.3 Å². The van der Waals surface area contributed by atoms with E-state index in [2.05, 4.69) is 10.4 Å². The summed E-state index contributed by atoms with van der Waals surface area (Å²) < 4.78 is 5.79. The number of carbonyl (C=O) groups excluding carboxylic acids is 2. The second-order valence-electron chi connectivity index (χ2n) is 6.88. The highest BCUT2D eigenvalue weighted by atomic mass is 16.5. The summed E-state index contributed by atoms with van der Waals surface area (Å²) in [7, 11) is 3.87. The zero-order chi connectivity index (χ0) is 21.7. The molecule has 1 amide bonds. The first kappa shape index (κ1) is 20.8. The van der Waals surface area contributed by atoms with Crippen molar-refractivity contribution in [1.82, 2.24) is 15.1 Å². The monoisotopic (exact) mass is 410 g/mol. The van der Waals surface area contributed by atoms with Crippen molar-refractivity contribution in [3.05, 3.63) is 74.8 Å². The average molecular weight is 410 g/mol. The van der Waals surface area contributed by atoms with Crippen molar-refractivity contribution in [3.8, 4) is 0 Å². The maximum atomic E-state index is 12.4. The third kappa shape index (κ3) is 4.93. The number of amides is 1. The van der Waals surface area contributed by atoms with Gasteiger partial charge in [0.05, 0.1) is 10.8 Å². The number of hydrogen-bond donors (Lipinski definition) is 2. The van der Waals surface area contributed by atoms with E-state index in [0.29, 0.717) is 6.54 Å². The minimum atomic E-state index is -0.812. The molecular weight excluding hydrogens is 388 g/mol. The molecule has 9 nitrogen and oxygen atoms in total. The van der Waals surface area contributed by atoms with Crippen molar-refractivity contribution < 1.29 is 14.3 Å². The van der Waals surface area contributed by atoms with Crippen LogP contribution in [0.5, 0.6) is 0 Å². The smallest absolute Gasteiger partial charge is 0.328 e. The number of anilines is 1. The number of H-pyrrole nitrogens is 1. The van der Waals surface area contributed by atoms with Gasteiger partial charge in [-0.1, -0.05) is 24.3 Å². The van der Waals surface area contributed by atoms with E-state index in [1.54, 1.807) is 12.1 Å². The molecule has 0 fully saturated rings.